The molecule has 0 bridgehead atoms. The van der Waals surface area contributed by atoms with Crippen molar-refractivity contribution >= 4 is 34.8 Å². The summed E-state index contributed by atoms with van der Waals surface area (Å²) >= 11 is 6.22. The van der Waals surface area contributed by atoms with Crippen molar-refractivity contribution in [2.75, 3.05) is 5.32 Å². The van der Waals surface area contributed by atoms with Crippen LogP contribution in [0.5, 0.6) is 0 Å². The number of anilines is 1. The Morgan fingerprint density at radius 3 is 2.59 bits per heavy atom. The van der Waals surface area contributed by atoms with Crippen LogP contribution in [0.15, 0.2) is 29.4 Å². The van der Waals surface area contributed by atoms with Crippen molar-refractivity contribution in [1.82, 2.24) is 5.43 Å². The number of benzene rings is 1. The molecule has 0 spiro atoms. The number of hydrogen-bond acceptors (Lipinski definition) is 3. The van der Waals surface area contributed by atoms with E-state index in [9.17, 15) is 9.59 Å². The molecule has 22 heavy (non-hydrogen) atoms. The summed E-state index contributed by atoms with van der Waals surface area (Å²) in [6.45, 7) is 1.97. The SMILES string of the molecule is CC1CC(=O)NN=C1c1ccc(NC(=O)C2(Cl)CCC2)cc1. The van der Waals surface area contributed by atoms with E-state index >= 15 is 0 Å². The van der Waals surface area contributed by atoms with Crippen molar-refractivity contribution in [2.24, 2.45) is 11.0 Å². The van der Waals surface area contributed by atoms with Crippen LogP contribution in [0.2, 0.25) is 0 Å². The molecule has 6 heteroatoms. The summed E-state index contributed by atoms with van der Waals surface area (Å²) in [5.74, 6) is -0.118. The van der Waals surface area contributed by atoms with E-state index in [1.807, 2.05) is 31.2 Å². The van der Waals surface area contributed by atoms with Crippen molar-refractivity contribution in [3.8, 4) is 0 Å². The van der Waals surface area contributed by atoms with Gasteiger partial charge in [-0.25, -0.2) is 5.43 Å². The van der Waals surface area contributed by atoms with Crippen LogP contribution >= 0.6 is 11.6 Å². The van der Waals surface area contributed by atoms with E-state index in [-0.39, 0.29) is 17.7 Å². The third-order valence-electron chi connectivity index (χ3n) is 4.25. The first kappa shape index (κ1) is 15.0. The molecule has 1 aromatic carbocycles. The number of amides is 2. The molecule has 2 amide bonds. The van der Waals surface area contributed by atoms with E-state index in [0.29, 0.717) is 12.1 Å². The molecule has 116 valence electrons. The van der Waals surface area contributed by atoms with Gasteiger partial charge in [0, 0.05) is 18.0 Å². The Balaban J connectivity index is 1.70. The molecule has 1 atom stereocenters. The Morgan fingerprint density at radius 1 is 1.36 bits per heavy atom. The first-order valence-electron chi connectivity index (χ1n) is 7.45. The van der Waals surface area contributed by atoms with Crippen molar-refractivity contribution in [1.29, 1.82) is 0 Å². The van der Waals surface area contributed by atoms with Gasteiger partial charge in [0.1, 0.15) is 4.87 Å². The average Bonchev–Trinajstić information content (AvgIpc) is 2.46. The highest BCUT2D eigenvalue weighted by molar-refractivity contribution is 6.37. The first-order chi connectivity index (χ1) is 10.5. The number of rotatable bonds is 3. The Hall–Kier alpha value is -1.88. The van der Waals surface area contributed by atoms with Gasteiger partial charge in [-0.05, 0) is 37.0 Å². The maximum Gasteiger partial charge on any atom is 0.245 e. The molecule has 1 aromatic rings. The molecule has 1 unspecified atom stereocenters. The van der Waals surface area contributed by atoms with Gasteiger partial charge < -0.3 is 5.32 Å². The molecule has 3 rings (SSSR count). The van der Waals surface area contributed by atoms with Gasteiger partial charge >= 0.3 is 0 Å². The van der Waals surface area contributed by atoms with Crippen LogP contribution in [0.25, 0.3) is 0 Å². The highest BCUT2D eigenvalue weighted by atomic mass is 35.5. The Kier molecular flexibility index (Phi) is 3.91. The molecule has 1 heterocycles. The molecule has 1 aliphatic heterocycles. The number of nitrogens with one attached hydrogen (secondary N) is 2. The van der Waals surface area contributed by atoms with Gasteiger partial charge in [0.15, 0.2) is 0 Å². The number of carbonyl (C=O) groups is 2. The number of carbonyl (C=O) groups excluding carboxylic acids is 2. The maximum absolute atomic E-state index is 12.1. The topological polar surface area (TPSA) is 70.6 Å². The van der Waals surface area contributed by atoms with Gasteiger partial charge in [-0.2, -0.15) is 5.10 Å². The summed E-state index contributed by atoms with van der Waals surface area (Å²) in [6, 6.07) is 7.45. The van der Waals surface area contributed by atoms with E-state index in [1.54, 1.807) is 0 Å². The van der Waals surface area contributed by atoms with Gasteiger partial charge in [0.2, 0.25) is 11.8 Å². The molecular weight excluding hydrogens is 302 g/mol. The van der Waals surface area contributed by atoms with Gasteiger partial charge in [-0.15, -0.1) is 11.6 Å². The van der Waals surface area contributed by atoms with Crippen molar-refractivity contribution < 1.29 is 9.59 Å². The standard InChI is InChI=1S/C16H18ClN3O2/c1-10-9-13(21)19-20-14(10)11-3-5-12(6-4-11)18-15(22)16(17)7-2-8-16/h3-6,10H,2,7-9H2,1H3,(H,18,22)(H,19,21). The summed E-state index contributed by atoms with van der Waals surface area (Å²) < 4.78 is 0. The largest absolute Gasteiger partial charge is 0.325 e. The monoisotopic (exact) mass is 319 g/mol. The molecule has 1 aliphatic carbocycles. The highest BCUT2D eigenvalue weighted by Gasteiger charge is 2.42. The lowest BCUT2D eigenvalue weighted by Crippen LogP contribution is -2.43. The zero-order valence-electron chi connectivity index (χ0n) is 12.4. The number of hydrazone groups is 1. The van der Waals surface area contributed by atoms with E-state index < -0.39 is 4.87 Å². The number of nitrogens with zero attached hydrogens (tertiary/aromatic N) is 1. The second-order valence-corrected chi connectivity index (χ2v) is 6.71. The highest BCUT2D eigenvalue weighted by Crippen LogP contribution is 2.39. The molecule has 2 aliphatic rings. The van der Waals surface area contributed by atoms with Crippen molar-refractivity contribution in [2.45, 2.75) is 37.5 Å². The quantitative estimate of drug-likeness (QED) is 0.841. The summed E-state index contributed by atoms with van der Waals surface area (Å²) in [6.07, 6.45) is 2.89. The average molecular weight is 320 g/mol. The molecule has 5 nitrogen and oxygen atoms in total. The second kappa shape index (κ2) is 5.72. The number of alkyl halides is 1. The van der Waals surface area contributed by atoms with Gasteiger partial charge in [-0.3, -0.25) is 9.59 Å². The van der Waals surface area contributed by atoms with Crippen LogP contribution in [-0.2, 0) is 9.59 Å². The maximum atomic E-state index is 12.1. The number of halogens is 1. The van der Waals surface area contributed by atoms with Gasteiger partial charge in [0.05, 0.1) is 5.71 Å². The second-order valence-electron chi connectivity index (χ2n) is 5.99. The summed E-state index contributed by atoms with van der Waals surface area (Å²) in [5.41, 5.74) is 5.01. The Morgan fingerprint density at radius 2 is 2.05 bits per heavy atom. The van der Waals surface area contributed by atoms with Crippen LogP contribution in [0.1, 0.15) is 38.2 Å². The van der Waals surface area contributed by atoms with E-state index in [4.69, 9.17) is 11.6 Å². The fourth-order valence-corrected chi connectivity index (χ4v) is 3.00. The normalized spacial score (nSPS) is 23.1. The van der Waals surface area contributed by atoms with Crippen LogP contribution in [0.4, 0.5) is 5.69 Å². The van der Waals surface area contributed by atoms with Gasteiger partial charge in [0.25, 0.3) is 0 Å². The van der Waals surface area contributed by atoms with Gasteiger partial charge in [-0.1, -0.05) is 19.1 Å². The summed E-state index contributed by atoms with van der Waals surface area (Å²) in [4.78, 5) is 22.6. The lowest BCUT2D eigenvalue weighted by Gasteiger charge is -2.33. The van der Waals surface area contributed by atoms with Crippen LogP contribution < -0.4 is 10.7 Å². The fourth-order valence-electron chi connectivity index (χ4n) is 2.68. The molecule has 0 aromatic heterocycles. The lowest BCUT2D eigenvalue weighted by atomic mass is 9.83. The number of hydrogen-bond donors (Lipinski definition) is 2. The third-order valence-corrected chi connectivity index (χ3v) is 4.80. The first-order valence-corrected chi connectivity index (χ1v) is 7.83. The Labute approximate surface area is 134 Å². The minimum atomic E-state index is -0.731. The lowest BCUT2D eigenvalue weighted by molar-refractivity contribution is -0.122. The zero-order valence-corrected chi connectivity index (χ0v) is 13.1. The van der Waals surface area contributed by atoms with Crippen LogP contribution in [0.3, 0.4) is 0 Å². The predicted octanol–water partition coefficient (Wildman–Crippen LogP) is 2.65. The van der Waals surface area contributed by atoms with Crippen LogP contribution in [-0.4, -0.2) is 22.4 Å². The fraction of sp³-hybridized carbons (Fsp3) is 0.438. The smallest absolute Gasteiger partial charge is 0.245 e. The van der Waals surface area contributed by atoms with E-state index in [0.717, 1.165) is 30.5 Å². The van der Waals surface area contributed by atoms with Crippen molar-refractivity contribution in [3.63, 3.8) is 0 Å². The molecule has 0 radical (unpaired) electrons. The minimum absolute atomic E-state index is 0.0620. The molecule has 1 fully saturated rings. The minimum Gasteiger partial charge on any atom is -0.325 e. The predicted molar refractivity (Wildman–Crippen MR) is 86.0 cm³/mol. The molecular formula is C16H18ClN3O2. The summed E-state index contributed by atoms with van der Waals surface area (Å²) in [7, 11) is 0. The van der Waals surface area contributed by atoms with E-state index in [2.05, 4.69) is 15.8 Å². The van der Waals surface area contributed by atoms with E-state index in [1.165, 1.54) is 0 Å². The molecule has 1 saturated carbocycles. The molecule has 0 saturated heterocycles. The molecule has 2 N–H and O–H groups in total. The Bertz CT molecular complexity index is 635. The zero-order chi connectivity index (χ0) is 15.7. The van der Waals surface area contributed by atoms with Crippen LogP contribution in [0, 0.1) is 5.92 Å². The summed E-state index contributed by atoms with van der Waals surface area (Å²) in [5, 5.41) is 6.97. The van der Waals surface area contributed by atoms with Crippen molar-refractivity contribution in [3.05, 3.63) is 29.8 Å². The third kappa shape index (κ3) is 2.86.